The van der Waals surface area contributed by atoms with E-state index in [-0.39, 0.29) is 18.4 Å². The molecule has 1 fully saturated rings. The van der Waals surface area contributed by atoms with Crippen molar-refractivity contribution in [3.8, 4) is 5.75 Å². The van der Waals surface area contributed by atoms with Gasteiger partial charge in [-0.1, -0.05) is 22.6 Å². The van der Waals surface area contributed by atoms with E-state index >= 15 is 0 Å². The van der Waals surface area contributed by atoms with Crippen molar-refractivity contribution in [2.24, 2.45) is 5.92 Å². The molecule has 3 aromatic rings. The summed E-state index contributed by atoms with van der Waals surface area (Å²) in [6, 6.07) is 5.88. The predicted octanol–water partition coefficient (Wildman–Crippen LogP) is 1.75. The summed E-state index contributed by atoms with van der Waals surface area (Å²) in [5, 5.41) is 7.44. The number of aryl methyl sites for hydroxylation is 1. The summed E-state index contributed by atoms with van der Waals surface area (Å²) >= 11 is 1.61. The Morgan fingerprint density at radius 3 is 3.00 bits per heavy atom. The van der Waals surface area contributed by atoms with E-state index in [9.17, 15) is 4.79 Å². The predicted molar refractivity (Wildman–Crippen MR) is 92.8 cm³/mol. The Labute approximate surface area is 147 Å². The van der Waals surface area contributed by atoms with Gasteiger partial charge in [0.25, 0.3) is 0 Å². The summed E-state index contributed by atoms with van der Waals surface area (Å²) in [7, 11) is 1.64. The number of ether oxygens (including phenoxy) is 1. The standard InChI is InChI=1S/C16H17N5O3S/c1-9-18-13(24-20-9)6-17-15(22)10-7-21(8-10)16-19-14-11(23-2)4-3-5-12(14)25-16/h3-5,10H,6-8H2,1-2H3,(H,17,22). The van der Waals surface area contributed by atoms with Crippen LogP contribution in [0.4, 0.5) is 5.13 Å². The molecule has 0 radical (unpaired) electrons. The second-order valence-corrected chi connectivity index (χ2v) is 6.87. The van der Waals surface area contributed by atoms with Gasteiger partial charge in [-0.25, -0.2) is 4.98 Å². The lowest BCUT2D eigenvalue weighted by molar-refractivity contribution is -0.126. The van der Waals surface area contributed by atoms with Crippen LogP contribution in [0.5, 0.6) is 5.75 Å². The van der Waals surface area contributed by atoms with Gasteiger partial charge in [-0.05, 0) is 19.1 Å². The Hall–Kier alpha value is -2.68. The fourth-order valence-corrected chi connectivity index (χ4v) is 3.73. The molecule has 0 bridgehead atoms. The van der Waals surface area contributed by atoms with Gasteiger partial charge >= 0.3 is 0 Å². The topological polar surface area (TPSA) is 93.4 Å². The van der Waals surface area contributed by atoms with Crippen LogP contribution in [0.25, 0.3) is 10.2 Å². The van der Waals surface area contributed by atoms with E-state index in [0.717, 1.165) is 21.1 Å². The number of para-hydroxylation sites is 1. The molecule has 130 valence electrons. The molecule has 9 heteroatoms. The third kappa shape index (κ3) is 3.02. The minimum atomic E-state index is -0.0575. The molecule has 0 atom stereocenters. The van der Waals surface area contributed by atoms with Crippen LogP contribution in [0, 0.1) is 12.8 Å². The number of rotatable bonds is 5. The highest BCUT2D eigenvalue weighted by Gasteiger charge is 2.34. The van der Waals surface area contributed by atoms with Gasteiger partial charge < -0.3 is 19.5 Å². The minimum Gasteiger partial charge on any atom is -0.494 e. The molecule has 0 spiro atoms. The molecular formula is C16H17N5O3S. The van der Waals surface area contributed by atoms with E-state index in [4.69, 9.17) is 9.26 Å². The maximum Gasteiger partial charge on any atom is 0.246 e. The Kier molecular flexibility index (Phi) is 4.00. The SMILES string of the molecule is COc1cccc2sc(N3CC(C(=O)NCc4nc(C)no4)C3)nc12. The molecule has 1 amide bonds. The van der Waals surface area contributed by atoms with Crippen molar-refractivity contribution < 1.29 is 14.1 Å². The Morgan fingerprint density at radius 2 is 2.28 bits per heavy atom. The second-order valence-electron chi connectivity index (χ2n) is 5.86. The number of thiazole rings is 1. The van der Waals surface area contributed by atoms with Gasteiger partial charge in [-0.3, -0.25) is 4.79 Å². The van der Waals surface area contributed by atoms with Crippen LogP contribution in [0.15, 0.2) is 22.7 Å². The van der Waals surface area contributed by atoms with Crippen LogP contribution >= 0.6 is 11.3 Å². The van der Waals surface area contributed by atoms with Crippen LogP contribution in [-0.4, -0.2) is 41.2 Å². The van der Waals surface area contributed by atoms with Crippen molar-refractivity contribution in [1.29, 1.82) is 0 Å². The molecule has 1 N–H and O–H groups in total. The molecule has 0 aliphatic carbocycles. The van der Waals surface area contributed by atoms with Crippen molar-refractivity contribution in [3.05, 3.63) is 29.9 Å². The fraction of sp³-hybridized carbons (Fsp3) is 0.375. The number of anilines is 1. The van der Waals surface area contributed by atoms with Crippen LogP contribution < -0.4 is 15.0 Å². The molecule has 4 rings (SSSR count). The van der Waals surface area contributed by atoms with E-state index in [1.807, 2.05) is 18.2 Å². The molecule has 0 saturated carbocycles. The van der Waals surface area contributed by atoms with Crippen molar-refractivity contribution in [2.75, 3.05) is 25.1 Å². The number of hydrogen-bond acceptors (Lipinski definition) is 8. The summed E-state index contributed by atoms with van der Waals surface area (Å²) in [5.41, 5.74) is 0.865. The zero-order valence-electron chi connectivity index (χ0n) is 13.9. The Morgan fingerprint density at radius 1 is 1.44 bits per heavy atom. The van der Waals surface area contributed by atoms with Gasteiger partial charge in [-0.2, -0.15) is 4.98 Å². The van der Waals surface area contributed by atoms with E-state index in [0.29, 0.717) is 24.8 Å². The molecule has 1 aliphatic rings. The van der Waals surface area contributed by atoms with Crippen LogP contribution in [0.1, 0.15) is 11.7 Å². The second kappa shape index (κ2) is 6.32. The first-order valence-corrected chi connectivity index (χ1v) is 8.71. The molecule has 0 unspecified atom stereocenters. The number of benzene rings is 1. The average Bonchev–Trinajstić information content (AvgIpc) is 3.17. The summed E-state index contributed by atoms with van der Waals surface area (Å²) in [4.78, 5) is 23.0. The first kappa shape index (κ1) is 15.8. The number of amides is 1. The zero-order valence-corrected chi connectivity index (χ0v) is 14.7. The van der Waals surface area contributed by atoms with Gasteiger partial charge in [-0.15, -0.1) is 0 Å². The highest BCUT2D eigenvalue weighted by Crippen LogP contribution is 2.36. The number of nitrogens with zero attached hydrogens (tertiary/aromatic N) is 4. The summed E-state index contributed by atoms with van der Waals surface area (Å²) in [6.07, 6.45) is 0. The van der Waals surface area contributed by atoms with Crippen molar-refractivity contribution in [2.45, 2.75) is 13.5 Å². The number of nitrogens with one attached hydrogen (secondary N) is 1. The maximum atomic E-state index is 12.2. The fourth-order valence-electron chi connectivity index (χ4n) is 2.73. The van der Waals surface area contributed by atoms with Gasteiger partial charge in [0.15, 0.2) is 11.0 Å². The van der Waals surface area contributed by atoms with Crippen molar-refractivity contribution in [1.82, 2.24) is 20.4 Å². The number of carbonyl (C=O) groups is 1. The number of aromatic nitrogens is 3. The molecule has 3 heterocycles. The summed E-state index contributed by atoms with van der Waals surface area (Å²) in [5.74, 6) is 1.68. The molecule has 1 saturated heterocycles. The lowest BCUT2D eigenvalue weighted by Gasteiger charge is -2.37. The number of methoxy groups -OCH3 is 1. The third-order valence-electron chi connectivity index (χ3n) is 4.10. The van der Waals surface area contributed by atoms with Crippen molar-refractivity contribution >= 4 is 32.6 Å². The lowest BCUT2D eigenvalue weighted by atomic mass is 10.0. The minimum absolute atomic E-state index is 0.00852. The molecule has 1 aromatic carbocycles. The number of fused-ring (bicyclic) bond motifs is 1. The molecular weight excluding hydrogens is 342 g/mol. The molecule has 2 aromatic heterocycles. The Bertz CT molecular complexity index is 916. The summed E-state index contributed by atoms with van der Waals surface area (Å²) in [6.45, 7) is 3.30. The summed E-state index contributed by atoms with van der Waals surface area (Å²) < 4.78 is 11.4. The van der Waals surface area contributed by atoms with Gasteiger partial charge in [0.05, 0.1) is 24.3 Å². The first-order valence-electron chi connectivity index (χ1n) is 7.89. The van der Waals surface area contributed by atoms with Gasteiger partial charge in [0.2, 0.25) is 11.8 Å². The average molecular weight is 359 g/mol. The largest absolute Gasteiger partial charge is 0.494 e. The molecule has 8 nitrogen and oxygen atoms in total. The van der Waals surface area contributed by atoms with Crippen LogP contribution in [-0.2, 0) is 11.3 Å². The highest BCUT2D eigenvalue weighted by molar-refractivity contribution is 7.22. The molecule has 1 aliphatic heterocycles. The highest BCUT2D eigenvalue weighted by atomic mass is 32.1. The van der Waals surface area contributed by atoms with Crippen molar-refractivity contribution in [3.63, 3.8) is 0 Å². The smallest absolute Gasteiger partial charge is 0.246 e. The molecule has 25 heavy (non-hydrogen) atoms. The van der Waals surface area contributed by atoms with E-state index in [2.05, 4.69) is 25.3 Å². The van der Waals surface area contributed by atoms with E-state index in [1.165, 1.54) is 0 Å². The van der Waals surface area contributed by atoms with Crippen LogP contribution in [0.3, 0.4) is 0 Å². The number of carbonyl (C=O) groups excluding carboxylic acids is 1. The quantitative estimate of drug-likeness (QED) is 0.742. The third-order valence-corrected chi connectivity index (χ3v) is 5.18. The normalized spacial score (nSPS) is 14.6. The number of hydrogen-bond donors (Lipinski definition) is 1. The maximum absolute atomic E-state index is 12.2. The first-order chi connectivity index (χ1) is 12.1. The zero-order chi connectivity index (χ0) is 17.4. The lowest BCUT2D eigenvalue weighted by Crippen LogP contribution is -2.53. The monoisotopic (exact) mass is 359 g/mol. The van der Waals surface area contributed by atoms with Crippen LogP contribution in [0.2, 0.25) is 0 Å². The van der Waals surface area contributed by atoms with E-state index in [1.54, 1.807) is 25.4 Å². The Balaban J connectivity index is 1.36. The van der Waals surface area contributed by atoms with Gasteiger partial charge in [0.1, 0.15) is 11.3 Å². The van der Waals surface area contributed by atoms with E-state index < -0.39 is 0 Å². The van der Waals surface area contributed by atoms with Gasteiger partial charge in [0, 0.05) is 13.1 Å².